The van der Waals surface area contributed by atoms with E-state index in [-0.39, 0.29) is 0 Å². The van der Waals surface area contributed by atoms with Gasteiger partial charge in [0.05, 0.1) is 19.4 Å². The molecule has 2 rings (SSSR count). The molecule has 1 aliphatic rings. The molecule has 1 aromatic heterocycles. The SMILES string of the molecule is [CH2-][NH+]1CCC(n2ccnc2)CC1. The number of nitrogens with zero attached hydrogens (tertiary/aromatic N) is 2. The van der Waals surface area contributed by atoms with Crippen LogP contribution in [0.2, 0.25) is 0 Å². The van der Waals surface area contributed by atoms with Crippen LogP contribution < -0.4 is 4.90 Å². The van der Waals surface area contributed by atoms with Crippen molar-refractivity contribution in [3.8, 4) is 0 Å². The quantitative estimate of drug-likeness (QED) is 0.577. The lowest BCUT2D eigenvalue weighted by Gasteiger charge is -2.31. The van der Waals surface area contributed by atoms with E-state index in [1.165, 1.54) is 30.8 Å². The van der Waals surface area contributed by atoms with Gasteiger partial charge in [0, 0.05) is 31.3 Å². The monoisotopic (exact) mass is 165 g/mol. The van der Waals surface area contributed by atoms with Crippen molar-refractivity contribution in [1.29, 1.82) is 0 Å². The maximum Gasteiger partial charge on any atom is 0.0948 e. The van der Waals surface area contributed by atoms with Crippen LogP contribution in [-0.4, -0.2) is 22.6 Å². The van der Waals surface area contributed by atoms with Crippen molar-refractivity contribution in [3.63, 3.8) is 0 Å². The maximum atomic E-state index is 4.06. The van der Waals surface area contributed by atoms with Crippen LogP contribution in [0.25, 0.3) is 0 Å². The molecule has 0 atom stereocenters. The van der Waals surface area contributed by atoms with Crippen molar-refractivity contribution in [2.45, 2.75) is 18.9 Å². The van der Waals surface area contributed by atoms with E-state index in [0.717, 1.165) is 0 Å². The Labute approximate surface area is 73.0 Å². The molecule has 1 fully saturated rings. The highest BCUT2D eigenvalue weighted by molar-refractivity contribution is 4.81. The predicted octanol–water partition coefficient (Wildman–Crippen LogP) is -0.106. The zero-order valence-corrected chi connectivity index (χ0v) is 7.24. The third-order valence-corrected chi connectivity index (χ3v) is 2.61. The van der Waals surface area contributed by atoms with E-state index in [1.807, 2.05) is 12.5 Å². The largest absolute Gasteiger partial charge is 0.468 e. The molecule has 0 bridgehead atoms. The number of likely N-dealkylation sites (tertiary alicyclic amines) is 1. The van der Waals surface area contributed by atoms with Gasteiger partial charge in [-0.2, -0.15) is 7.05 Å². The summed E-state index contributed by atoms with van der Waals surface area (Å²) in [5.41, 5.74) is 0. The van der Waals surface area contributed by atoms with Crippen LogP contribution in [-0.2, 0) is 0 Å². The second-order valence-electron chi connectivity index (χ2n) is 3.49. The number of hydrogen-bond donors (Lipinski definition) is 1. The second-order valence-corrected chi connectivity index (χ2v) is 3.49. The Hall–Kier alpha value is -0.830. The van der Waals surface area contributed by atoms with E-state index in [9.17, 15) is 0 Å². The Morgan fingerprint density at radius 3 is 2.75 bits per heavy atom. The van der Waals surface area contributed by atoms with Crippen molar-refractivity contribution in [2.24, 2.45) is 0 Å². The topological polar surface area (TPSA) is 22.3 Å². The van der Waals surface area contributed by atoms with Gasteiger partial charge in [0.15, 0.2) is 0 Å². The molecule has 3 heteroatoms. The lowest BCUT2D eigenvalue weighted by Crippen LogP contribution is -3.08. The molecule has 1 aliphatic heterocycles. The van der Waals surface area contributed by atoms with Gasteiger partial charge in [-0.25, -0.2) is 4.98 Å². The first kappa shape index (κ1) is 7.80. The standard InChI is InChI=1S/C9H15N3/c1-11-5-2-9(3-6-11)12-7-4-10-8-12/h4,7-9,11H,1-3,5-6H2. The molecule has 0 aliphatic carbocycles. The summed E-state index contributed by atoms with van der Waals surface area (Å²) in [4.78, 5) is 5.47. The van der Waals surface area contributed by atoms with Crippen molar-refractivity contribution in [1.82, 2.24) is 9.55 Å². The van der Waals surface area contributed by atoms with Gasteiger partial charge in [-0.15, -0.1) is 0 Å². The fraction of sp³-hybridized carbons (Fsp3) is 0.556. The van der Waals surface area contributed by atoms with Crippen LogP contribution in [0.4, 0.5) is 0 Å². The first-order valence-corrected chi connectivity index (χ1v) is 4.50. The van der Waals surface area contributed by atoms with Crippen LogP contribution in [0.15, 0.2) is 18.7 Å². The zero-order valence-electron chi connectivity index (χ0n) is 7.24. The fourth-order valence-electron chi connectivity index (χ4n) is 1.79. The smallest absolute Gasteiger partial charge is 0.0948 e. The predicted molar refractivity (Wildman–Crippen MR) is 46.6 cm³/mol. The van der Waals surface area contributed by atoms with E-state index in [0.29, 0.717) is 6.04 Å². The van der Waals surface area contributed by atoms with Crippen molar-refractivity contribution in [3.05, 3.63) is 25.8 Å². The first-order chi connectivity index (χ1) is 5.86. The van der Waals surface area contributed by atoms with Gasteiger partial charge in [-0.1, -0.05) is 0 Å². The second kappa shape index (κ2) is 3.27. The summed E-state index contributed by atoms with van der Waals surface area (Å²) in [6.45, 7) is 2.37. The van der Waals surface area contributed by atoms with E-state index in [1.54, 1.807) is 0 Å². The molecule has 1 aromatic rings. The van der Waals surface area contributed by atoms with Crippen LogP contribution in [0.1, 0.15) is 18.9 Å². The molecular formula is C9H15N3. The minimum absolute atomic E-state index is 0.665. The number of quaternary nitrogens is 1. The Morgan fingerprint density at radius 2 is 2.17 bits per heavy atom. The molecular weight excluding hydrogens is 150 g/mol. The number of nitrogens with one attached hydrogen (secondary N) is 1. The average Bonchev–Trinajstić information content (AvgIpc) is 2.58. The number of rotatable bonds is 1. The highest BCUT2D eigenvalue weighted by Crippen LogP contribution is 2.15. The summed E-state index contributed by atoms with van der Waals surface area (Å²) in [6.07, 6.45) is 8.28. The Balaban J connectivity index is 1.99. The Morgan fingerprint density at radius 1 is 1.42 bits per heavy atom. The molecule has 2 heterocycles. The minimum Gasteiger partial charge on any atom is -0.468 e. The number of piperidine rings is 1. The van der Waals surface area contributed by atoms with Gasteiger partial charge in [0.2, 0.25) is 0 Å². The average molecular weight is 165 g/mol. The van der Waals surface area contributed by atoms with Gasteiger partial charge < -0.3 is 9.47 Å². The normalized spacial score (nSPS) is 30.4. The third-order valence-electron chi connectivity index (χ3n) is 2.61. The van der Waals surface area contributed by atoms with Crippen molar-refractivity contribution < 1.29 is 4.90 Å². The molecule has 0 aromatic carbocycles. The Bertz CT molecular complexity index is 222. The Kier molecular flexibility index (Phi) is 2.13. The minimum atomic E-state index is 0.665. The van der Waals surface area contributed by atoms with E-state index < -0.39 is 0 Å². The molecule has 0 spiro atoms. The van der Waals surface area contributed by atoms with Crippen molar-refractivity contribution >= 4 is 0 Å². The number of hydrogen-bond acceptors (Lipinski definition) is 1. The highest BCUT2D eigenvalue weighted by atomic mass is 15.1. The van der Waals surface area contributed by atoms with Gasteiger partial charge in [0.1, 0.15) is 0 Å². The molecule has 3 nitrogen and oxygen atoms in total. The number of aromatic nitrogens is 2. The van der Waals surface area contributed by atoms with E-state index in [4.69, 9.17) is 0 Å². The molecule has 0 radical (unpaired) electrons. The van der Waals surface area contributed by atoms with Crippen LogP contribution in [0, 0.1) is 7.05 Å². The number of imidazole rings is 1. The van der Waals surface area contributed by atoms with Gasteiger partial charge in [0.25, 0.3) is 0 Å². The third kappa shape index (κ3) is 1.50. The highest BCUT2D eigenvalue weighted by Gasteiger charge is 2.17. The molecule has 0 saturated carbocycles. The first-order valence-electron chi connectivity index (χ1n) is 4.50. The van der Waals surface area contributed by atoms with Crippen LogP contribution in [0.5, 0.6) is 0 Å². The summed E-state index contributed by atoms with van der Waals surface area (Å²) in [7, 11) is 4.01. The molecule has 0 amide bonds. The summed E-state index contributed by atoms with van der Waals surface area (Å²) < 4.78 is 2.21. The maximum absolute atomic E-state index is 4.06. The molecule has 0 unspecified atom stereocenters. The fourth-order valence-corrected chi connectivity index (χ4v) is 1.79. The zero-order chi connectivity index (χ0) is 8.39. The van der Waals surface area contributed by atoms with E-state index >= 15 is 0 Å². The molecule has 1 N–H and O–H groups in total. The van der Waals surface area contributed by atoms with E-state index in [2.05, 4.69) is 22.8 Å². The summed E-state index contributed by atoms with van der Waals surface area (Å²) >= 11 is 0. The molecule has 66 valence electrons. The summed E-state index contributed by atoms with van der Waals surface area (Å²) in [5.74, 6) is 0. The van der Waals surface area contributed by atoms with Crippen molar-refractivity contribution in [2.75, 3.05) is 13.1 Å². The molecule has 12 heavy (non-hydrogen) atoms. The summed E-state index contributed by atoms with van der Waals surface area (Å²) in [6, 6.07) is 0.665. The lowest BCUT2D eigenvalue weighted by atomic mass is 10.1. The summed E-state index contributed by atoms with van der Waals surface area (Å²) in [5, 5.41) is 0. The van der Waals surface area contributed by atoms with Gasteiger partial charge in [-0.3, -0.25) is 0 Å². The van der Waals surface area contributed by atoms with Crippen LogP contribution in [0.3, 0.4) is 0 Å². The van der Waals surface area contributed by atoms with Gasteiger partial charge in [-0.05, 0) is 0 Å². The van der Waals surface area contributed by atoms with Gasteiger partial charge >= 0.3 is 0 Å². The lowest BCUT2D eigenvalue weighted by molar-refractivity contribution is -0.860. The van der Waals surface area contributed by atoms with Crippen LogP contribution >= 0.6 is 0 Å². The molecule has 1 saturated heterocycles.